The SMILES string of the molecule is Cc1nn(C)c(C)c1CNC(=O)CCCN. The first-order valence-corrected chi connectivity index (χ1v) is 5.52. The van der Waals surface area contributed by atoms with E-state index in [0.717, 1.165) is 23.4 Å². The van der Waals surface area contributed by atoms with Crippen LogP contribution in [0.1, 0.15) is 29.8 Å². The molecule has 1 amide bonds. The van der Waals surface area contributed by atoms with Crippen molar-refractivity contribution in [2.24, 2.45) is 12.8 Å². The van der Waals surface area contributed by atoms with Gasteiger partial charge in [0.25, 0.3) is 0 Å². The zero-order valence-corrected chi connectivity index (χ0v) is 10.2. The summed E-state index contributed by atoms with van der Waals surface area (Å²) in [4.78, 5) is 11.4. The van der Waals surface area contributed by atoms with Gasteiger partial charge in [-0.05, 0) is 26.8 Å². The third-order valence-corrected chi connectivity index (χ3v) is 2.73. The first kappa shape index (κ1) is 12.7. The van der Waals surface area contributed by atoms with E-state index in [0.29, 0.717) is 19.5 Å². The maximum atomic E-state index is 11.4. The summed E-state index contributed by atoms with van der Waals surface area (Å²) in [6, 6.07) is 0. The highest BCUT2D eigenvalue weighted by Crippen LogP contribution is 2.11. The number of carbonyl (C=O) groups is 1. The van der Waals surface area contributed by atoms with Gasteiger partial charge in [-0.1, -0.05) is 0 Å². The van der Waals surface area contributed by atoms with Crippen molar-refractivity contribution >= 4 is 5.91 Å². The van der Waals surface area contributed by atoms with Crippen molar-refractivity contribution in [3.05, 3.63) is 17.0 Å². The van der Waals surface area contributed by atoms with E-state index in [1.807, 2.05) is 25.6 Å². The normalized spacial score (nSPS) is 10.5. The van der Waals surface area contributed by atoms with Crippen LogP contribution in [-0.2, 0) is 18.4 Å². The molecule has 0 atom stereocenters. The van der Waals surface area contributed by atoms with Gasteiger partial charge in [-0.3, -0.25) is 9.48 Å². The quantitative estimate of drug-likeness (QED) is 0.760. The molecule has 0 aromatic carbocycles. The van der Waals surface area contributed by atoms with Crippen LogP contribution in [0, 0.1) is 13.8 Å². The summed E-state index contributed by atoms with van der Waals surface area (Å²) in [7, 11) is 1.90. The fraction of sp³-hybridized carbons (Fsp3) is 0.636. The average molecular weight is 224 g/mol. The highest BCUT2D eigenvalue weighted by atomic mass is 16.1. The van der Waals surface area contributed by atoms with E-state index in [4.69, 9.17) is 5.73 Å². The monoisotopic (exact) mass is 224 g/mol. The van der Waals surface area contributed by atoms with Gasteiger partial charge in [0.2, 0.25) is 5.91 Å². The van der Waals surface area contributed by atoms with Crippen molar-refractivity contribution in [3.63, 3.8) is 0 Å². The number of aromatic nitrogens is 2. The molecule has 0 unspecified atom stereocenters. The van der Waals surface area contributed by atoms with Crippen molar-refractivity contribution in [1.29, 1.82) is 0 Å². The standard InChI is InChI=1S/C11H20N4O/c1-8-10(9(2)15(3)14-8)7-13-11(16)5-4-6-12/h4-7,12H2,1-3H3,(H,13,16). The van der Waals surface area contributed by atoms with Crippen LogP contribution >= 0.6 is 0 Å². The third-order valence-electron chi connectivity index (χ3n) is 2.73. The maximum Gasteiger partial charge on any atom is 0.220 e. The molecule has 5 nitrogen and oxygen atoms in total. The van der Waals surface area contributed by atoms with E-state index in [1.165, 1.54) is 0 Å². The number of carbonyl (C=O) groups excluding carboxylic acids is 1. The van der Waals surface area contributed by atoms with Crippen molar-refractivity contribution in [3.8, 4) is 0 Å². The highest BCUT2D eigenvalue weighted by Gasteiger charge is 2.09. The molecule has 0 fully saturated rings. The number of hydrogen-bond donors (Lipinski definition) is 2. The van der Waals surface area contributed by atoms with Crippen LogP contribution < -0.4 is 11.1 Å². The summed E-state index contributed by atoms with van der Waals surface area (Å²) in [6.07, 6.45) is 1.23. The zero-order valence-electron chi connectivity index (χ0n) is 10.2. The van der Waals surface area contributed by atoms with Crippen molar-refractivity contribution in [1.82, 2.24) is 15.1 Å². The summed E-state index contributed by atoms with van der Waals surface area (Å²) in [5.41, 5.74) is 8.51. The van der Waals surface area contributed by atoms with Crippen molar-refractivity contribution in [2.45, 2.75) is 33.2 Å². The number of aryl methyl sites for hydroxylation is 2. The molecule has 0 aliphatic carbocycles. The second kappa shape index (κ2) is 5.65. The minimum Gasteiger partial charge on any atom is -0.352 e. The first-order chi connectivity index (χ1) is 7.56. The Morgan fingerprint density at radius 3 is 2.69 bits per heavy atom. The number of nitrogens with zero attached hydrogens (tertiary/aromatic N) is 2. The number of nitrogens with two attached hydrogens (primary N) is 1. The van der Waals surface area contributed by atoms with Gasteiger partial charge in [0, 0.05) is 31.3 Å². The molecule has 0 aliphatic rings. The Kier molecular flexibility index (Phi) is 4.49. The van der Waals surface area contributed by atoms with E-state index < -0.39 is 0 Å². The lowest BCUT2D eigenvalue weighted by molar-refractivity contribution is -0.121. The summed E-state index contributed by atoms with van der Waals surface area (Å²) in [6.45, 7) is 5.06. The number of rotatable bonds is 5. The Labute approximate surface area is 96.0 Å². The molecule has 0 spiro atoms. The predicted octanol–water partition coefficient (Wildman–Crippen LogP) is 0.392. The second-order valence-electron chi connectivity index (χ2n) is 3.94. The molecule has 90 valence electrons. The topological polar surface area (TPSA) is 72.9 Å². The van der Waals surface area contributed by atoms with Gasteiger partial charge in [-0.25, -0.2) is 0 Å². The van der Waals surface area contributed by atoms with Gasteiger partial charge in [0.05, 0.1) is 5.69 Å². The van der Waals surface area contributed by atoms with E-state index in [1.54, 1.807) is 0 Å². The van der Waals surface area contributed by atoms with E-state index >= 15 is 0 Å². The largest absolute Gasteiger partial charge is 0.352 e. The van der Waals surface area contributed by atoms with Gasteiger partial charge in [-0.2, -0.15) is 5.10 Å². The number of amides is 1. The Balaban J connectivity index is 2.51. The Hall–Kier alpha value is -1.36. The summed E-state index contributed by atoms with van der Waals surface area (Å²) < 4.78 is 1.83. The molecule has 0 bridgehead atoms. The molecule has 0 aliphatic heterocycles. The molecule has 1 rings (SSSR count). The predicted molar refractivity (Wildman–Crippen MR) is 62.8 cm³/mol. The summed E-state index contributed by atoms with van der Waals surface area (Å²) >= 11 is 0. The molecule has 0 radical (unpaired) electrons. The third kappa shape index (κ3) is 3.06. The molecular formula is C11H20N4O. The molecule has 1 aromatic rings. The maximum absolute atomic E-state index is 11.4. The van der Waals surface area contributed by atoms with Gasteiger partial charge in [0.15, 0.2) is 0 Å². The fourth-order valence-corrected chi connectivity index (χ4v) is 1.61. The molecular weight excluding hydrogens is 204 g/mol. The van der Waals surface area contributed by atoms with Crippen LogP contribution in [0.5, 0.6) is 0 Å². The van der Waals surface area contributed by atoms with Crippen molar-refractivity contribution < 1.29 is 4.79 Å². The molecule has 1 heterocycles. The second-order valence-corrected chi connectivity index (χ2v) is 3.94. The van der Waals surface area contributed by atoms with Gasteiger partial charge in [0.1, 0.15) is 0 Å². The summed E-state index contributed by atoms with van der Waals surface area (Å²) in [5.74, 6) is 0.0492. The van der Waals surface area contributed by atoms with E-state index in [9.17, 15) is 4.79 Å². The molecule has 16 heavy (non-hydrogen) atoms. The first-order valence-electron chi connectivity index (χ1n) is 5.52. The molecule has 1 aromatic heterocycles. The Bertz CT molecular complexity index is 370. The zero-order chi connectivity index (χ0) is 12.1. The van der Waals surface area contributed by atoms with Crippen LogP contribution in [-0.4, -0.2) is 22.2 Å². The molecule has 0 saturated carbocycles. The highest BCUT2D eigenvalue weighted by molar-refractivity contribution is 5.75. The van der Waals surface area contributed by atoms with Crippen LogP contribution in [0.25, 0.3) is 0 Å². The van der Waals surface area contributed by atoms with Crippen LogP contribution in [0.4, 0.5) is 0 Å². The lowest BCUT2D eigenvalue weighted by Gasteiger charge is -2.05. The molecule has 3 N–H and O–H groups in total. The minimum absolute atomic E-state index is 0.0492. The molecule has 5 heteroatoms. The van der Waals surface area contributed by atoms with Crippen molar-refractivity contribution in [2.75, 3.05) is 6.54 Å². The van der Waals surface area contributed by atoms with E-state index in [-0.39, 0.29) is 5.91 Å². The van der Waals surface area contributed by atoms with Gasteiger partial charge < -0.3 is 11.1 Å². The number of nitrogens with one attached hydrogen (secondary N) is 1. The smallest absolute Gasteiger partial charge is 0.220 e. The van der Waals surface area contributed by atoms with E-state index in [2.05, 4.69) is 10.4 Å². The van der Waals surface area contributed by atoms with Gasteiger partial charge >= 0.3 is 0 Å². The Morgan fingerprint density at radius 2 is 2.19 bits per heavy atom. The molecule has 0 saturated heterocycles. The van der Waals surface area contributed by atoms with Crippen LogP contribution in [0.2, 0.25) is 0 Å². The Morgan fingerprint density at radius 1 is 1.50 bits per heavy atom. The van der Waals surface area contributed by atoms with Gasteiger partial charge in [-0.15, -0.1) is 0 Å². The van der Waals surface area contributed by atoms with Crippen LogP contribution in [0.15, 0.2) is 0 Å². The average Bonchev–Trinajstić information content (AvgIpc) is 2.48. The lowest BCUT2D eigenvalue weighted by atomic mass is 10.2. The fourth-order valence-electron chi connectivity index (χ4n) is 1.61. The summed E-state index contributed by atoms with van der Waals surface area (Å²) in [5, 5.41) is 7.18. The lowest BCUT2D eigenvalue weighted by Crippen LogP contribution is -2.23. The number of hydrogen-bond acceptors (Lipinski definition) is 3. The van der Waals surface area contributed by atoms with Crippen LogP contribution in [0.3, 0.4) is 0 Å². The minimum atomic E-state index is 0.0492.